The lowest BCUT2D eigenvalue weighted by atomic mass is 9.99. The van der Waals surface area contributed by atoms with Crippen molar-refractivity contribution in [2.24, 2.45) is 5.90 Å². The van der Waals surface area contributed by atoms with Gasteiger partial charge in [-0.2, -0.15) is 0 Å². The van der Waals surface area contributed by atoms with Crippen LogP contribution in [-0.4, -0.2) is 30.0 Å². The molecular weight excluding hydrogens is 248 g/mol. The Labute approximate surface area is 112 Å². The molecule has 2 N–H and O–H groups in total. The molecule has 0 aliphatic carbocycles. The van der Waals surface area contributed by atoms with Crippen molar-refractivity contribution in [1.29, 1.82) is 0 Å². The molecule has 1 fully saturated rings. The van der Waals surface area contributed by atoms with Gasteiger partial charge in [0.2, 0.25) is 5.91 Å². The molecule has 0 bridgehead atoms. The van der Waals surface area contributed by atoms with E-state index >= 15 is 0 Å². The molecule has 0 spiro atoms. The first-order chi connectivity index (χ1) is 8.81. The molecule has 1 aromatic heterocycles. The Morgan fingerprint density at radius 2 is 2.44 bits per heavy atom. The van der Waals surface area contributed by atoms with Crippen LogP contribution in [-0.2, 0) is 16.1 Å². The predicted octanol–water partition coefficient (Wildman–Crippen LogP) is 1.95. The molecule has 1 aromatic rings. The summed E-state index contributed by atoms with van der Waals surface area (Å²) in [5.41, 5.74) is 0. The second-order valence-electron chi connectivity index (χ2n) is 4.65. The lowest BCUT2D eigenvalue weighted by Crippen LogP contribution is -2.45. The van der Waals surface area contributed by atoms with Crippen LogP contribution in [0.5, 0.6) is 0 Å². The molecule has 4 nitrogen and oxygen atoms in total. The fraction of sp³-hybridized carbons (Fsp3) is 0.615. The van der Waals surface area contributed by atoms with Crippen molar-refractivity contribution in [3.05, 3.63) is 22.4 Å². The number of carbonyl (C=O) groups excluding carboxylic acids is 1. The van der Waals surface area contributed by atoms with Crippen molar-refractivity contribution < 1.29 is 9.63 Å². The molecule has 1 atom stereocenters. The van der Waals surface area contributed by atoms with Gasteiger partial charge in [0, 0.05) is 17.5 Å². The average molecular weight is 268 g/mol. The minimum Gasteiger partial charge on any atom is -0.339 e. The number of hydrogen-bond donors (Lipinski definition) is 1. The number of amides is 1. The van der Waals surface area contributed by atoms with Gasteiger partial charge in [-0.25, -0.2) is 5.90 Å². The summed E-state index contributed by atoms with van der Waals surface area (Å²) in [5, 5.41) is 2.01. The Kier molecular flexibility index (Phi) is 5.16. The van der Waals surface area contributed by atoms with Gasteiger partial charge in [0.05, 0.1) is 13.0 Å². The van der Waals surface area contributed by atoms with E-state index in [0.717, 1.165) is 30.7 Å². The van der Waals surface area contributed by atoms with Crippen LogP contribution < -0.4 is 5.90 Å². The van der Waals surface area contributed by atoms with E-state index in [9.17, 15) is 4.79 Å². The summed E-state index contributed by atoms with van der Waals surface area (Å²) in [4.78, 5) is 20.1. The lowest BCUT2D eigenvalue weighted by Gasteiger charge is -2.35. The quantitative estimate of drug-likeness (QED) is 0.830. The van der Waals surface area contributed by atoms with Gasteiger partial charge < -0.3 is 9.74 Å². The van der Waals surface area contributed by atoms with Crippen molar-refractivity contribution in [2.45, 2.75) is 38.1 Å². The highest BCUT2D eigenvalue weighted by atomic mass is 32.1. The summed E-state index contributed by atoms with van der Waals surface area (Å²) < 4.78 is 0. The summed E-state index contributed by atoms with van der Waals surface area (Å²) in [6.07, 6.45) is 4.73. The summed E-state index contributed by atoms with van der Waals surface area (Å²) in [6.45, 7) is 1.40. The largest absolute Gasteiger partial charge is 0.339 e. The highest BCUT2D eigenvalue weighted by Gasteiger charge is 2.26. The van der Waals surface area contributed by atoms with Gasteiger partial charge in [-0.15, -0.1) is 11.3 Å². The standard InChI is InChI=1S/C13H20N2O2S/c14-17-8-6-11-4-1-2-7-15(11)13(16)10-12-5-3-9-18-12/h3,5,9,11H,1-2,4,6-8,10,14H2. The molecule has 2 rings (SSSR count). The van der Waals surface area contributed by atoms with Crippen LogP contribution in [0.1, 0.15) is 30.6 Å². The van der Waals surface area contributed by atoms with Crippen molar-refractivity contribution in [1.82, 2.24) is 4.90 Å². The number of carbonyl (C=O) groups is 1. The van der Waals surface area contributed by atoms with Crippen molar-refractivity contribution in [2.75, 3.05) is 13.2 Å². The van der Waals surface area contributed by atoms with Crippen LogP contribution in [0.15, 0.2) is 17.5 Å². The highest BCUT2D eigenvalue weighted by Crippen LogP contribution is 2.21. The SMILES string of the molecule is NOCCC1CCCCN1C(=O)Cc1cccs1. The van der Waals surface area contributed by atoms with E-state index in [1.54, 1.807) is 11.3 Å². The van der Waals surface area contributed by atoms with Gasteiger partial charge in [-0.05, 0) is 37.1 Å². The molecule has 0 saturated carbocycles. The molecule has 18 heavy (non-hydrogen) atoms. The summed E-state index contributed by atoms with van der Waals surface area (Å²) in [6, 6.07) is 4.31. The Bertz CT molecular complexity index is 367. The molecule has 1 aliphatic heterocycles. The number of nitrogens with zero attached hydrogens (tertiary/aromatic N) is 1. The number of thiophene rings is 1. The molecule has 1 amide bonds. The van der Waals surface area contributed by atoms with Gasteiger partial charge in [0.25, 0.3) is 0 Å². The molecule has 1 aliphatic rings. The summed E-state index contributed by atoms with van der Waals surface area (Å²) in [7, 11) is 0. The normalized spacial score (nSPS) is 20.1. The van der Waals surface area contributed by atoms with Crippen LogP contribution >= 0.6 is 11.3 Å². The van der Waals surface area contributed by atoms with E-state index in [0.29, 0.717) is 19.1 Å². The van der Waals surface area contributed by atoms with Crippen LogP contribution in [0, 0.1) is 0 Å². The van der Waals surface area contributed by atoms with Crippen LogP contribution in [0.4, 0.5) is 0 Å². The van der Waals surface area contributed by atoms with Crippen LogP contribution in [0.3, 0.4) is 0 Å². The Hall–Kier alpha value is -0.910. The van der Waals surface area contributed by atoms with Crippen molar-refractivity contribution in [3.8, 4) is 0 Å². The molecule has 0 aromatic carbocycles. The lowest BCUT2D eigenvalue weighted by molar-refractivity contribution is -0.134. The van der Waals surface area contributed by atoms with E-state index in [-0.39, 0.29) is 5.91 Å². The smallest absolute Gasteiger partial charge is 0.228 e. The molecule has 100 valence electrons. The minimum absolute atomic E-state index is 0.235. The third-order valence-corrected chi connectivity index (χ3v) is 4.30. The van der Waals surface area contributed by atoms with Crippen LogP contribution in [0.2, 0.25) is 0 Å². The molecule has 1 saturated heterocycles. The predicted molar refractivity (Wildman–Crippen MR) is 72.1 cm³/mol. The number of hydrogen-bond acceptors (Lipinski definition) is 4. The van der Waals surface area contributed by atoms with Crippen molar-refractivity contribution >= 4 is 17.2 Å². The molecule has 2 heterocycles. The third-order valence-electron chi connectivity index (χ3n) is 3.42. The molecular formula is C13H20N2O2S. The number of rotatable bonds is 5. The first kappa shape index (κ1) is 13.5. The van der Waals surface area contributed by atoms with Gasteiger partial charge in [0.1, 0.15) is 0 Å². The average Bonchev–Trinajstić information content (AvgIpc) is 2.89. The first-order valence-corrected chi connectivity index (χ1v) is 7.32. The van der Waals surface area contributed by atoms with E-state index in [1.165, 1.54) is 6.42 Å². The van der Waals surface area contributed by atoms with Crippen molar-refractivity contribution in [3.63, 3.8) is 0 Å². The van der Waals surface area contributed by atoms with Gasteiger partial charge in [0.15, 0.2) is 0 Å². The third kappa shape index (κ3) is 3.54. The van der Waals surface area contributed by atoms with Gasteiger partial charge >= 0.3 is 0 Å². The second-order valence-corrected chi connectivity index (χ2v) is 5.68. The zero-order chi connectivity index (χ0) is 12.8. The number of piperidine rings is 1. The molecule has 0 radical (unpaired) electrons. The van der Waals surface area contributed by atoms with E-state index in [4.69, 9.17) is 5.90 Å². The second kappa shape index (κ2) is 6.87. The van der Waals surface area contributed by atoms with Crippen LogP contribution in [0.25, 0.3) is 0 Å². The summed E-state index contributed by atoms with van der Waals surface area (Å²) >= 11 is 1.64. The molecule has 1 unspecified atom stereocenters. The zero-order valence-electron chi connectivity index (χ0n) is 10.5. The number of likely N-dealkylation sites (tertiary alicyclic amines) is 1. The minimum atomic E-state index is 0.235. The Balaban J connectivity index is 1.92. The van der Waals surface area contributed by atoms with E-state index in [1.807, 2.05) is 22.4 Å². The maximum absolute atomic E-state index is 12.3. The number of nitrogens with two attached hydrogens (primary N) is 1. The monoisotopic (exact) mass is 268 g/mol. The fourth-order valence-corrected chi connectivity index (χ4v) is 3.19. The topological polar surface area (TPSA) is 55.6 Å². The fourth-order valence-electron chi connectivity index (χ4n) is 2.50. The van der Waals surface area contributed by atoms with E-state index < -0.39 is 0 Å². The Morgan fingerprint density at radius 3 is 3.17 bits per heavy atom. The maximum Gasteiger partial charge on any atom is 0.228 e. The Morgan fingerprint density at radius 1 is 1.56 bits per heavy atom. The molecule has 5 heteroatoms. The van der Waals surface area contributed by atoms with Gasteiger partial charge in [-0.3, -0.25) is 4.79 Å². The maximum atomic E-state index is 12.3. The van der Waals surface area contributed by atoms with E-state index in [2.05, 4.69) is 4.84 Å². The first-order valence-electron chi connectivity index (χ1n) is 6.45. The zero-order valence-corrected chi connectivity index (χ0v) is 11.3. The van der Waals surface area contributed by atoms with Gasteiger partial charge in [-0.1, -0.05) is 6.07 Å². The highest BCUT2D eigenvalue weighted by molar-refractivity contribution is 7.10. The summed E-state index contributed by atoms with van der Waals surface area (Å²) in [5.74, 6) is 5.31.